The molecule has 0 unspecified atom stereocenters. The van der Waals surface area contributed by atoms with E-state index >= 15 is 0 Å². The van der Waals surface area contributed by atoms with E-state index in [4.69, 9.17) is 6.85 Å². The van der Waals surface area contributed by atoms with Crippen LogP contribution in [0.4, 0.5) is 0 Å². The molecule has 0 bridgehead atoms. The van der Waals surface area contributed by atoms with Crippen LogP contribution in [-0.2, 0) is 0 Å². The molecule has 0 aliphatic rings. The standard InChI is InChI=1S/C12H11N/c1-10-7-8-12(13-9-10)11-5-3-2-4-6-11/h2-9H,1H3/i2D,3D,4D,5D,6D. The van der Waals surface area contributed by atoms with E-state index in [1.165, 1.54) is 0 Å². The summed E-state index contributed by atoms with van der Waals surface area (Å²) in [5.41, 5.74) is 1.48. The molecule has 0 fully saturated rings. The van der Waals surface area contributed by atoms with Crippen molar-refractivity contribution in [3.63, 3.8) is 0 Å². The molecule has 0 atom stereocenters. The first-order valence-corrected chi connectivity index (χ1v) is 3.93. The van der Waals surface area contributed by atoms with Crippen molar-refractivity contribution >= 4 is 0 Å². The molecule has 0 saturated carbocycles. The quantitative estimate of drug-likeness (QED) is 0.647. The van der Waals surface area contributed by atoms with E-state index < -0.39 is 0 Å². The molecule has 13 heavy (non-hydrogen) atoms. The molecule has 0 amide bonds. The molecule has 64 valence electrons. The molecule has 1 nitrogen and oxygen atoms in total. The van der Waals surface area contributed by atoms with Gasteiger partial charge in [-0.2, -0.15) is 0 Å². The van der Waals surface area contributed by atoms with Crippen LogP contribution in [0.1, 0.15) is 12.4 Å². The Morgan fingerprint density at radius 2 is 1.92 bits per heavy atom. The molecule has 0 aliphatic carbocycles. The fraction of sp³-hybridized carbons (Fsp3) is 0.0833. The van der Waals surface area contributed by atoms with Crippen molar-refractivity contribution in [1.82, 2.24) is 4.98 Å². The molecular formula is C12H11N. The Morgan fingerprint density at radius 3 is 2.54 bits per heavy atom. The predicted molar refractivity (Wildman–Crippen MR) is 54.4 cm³/mol. The molecule has 2 aromatic rings. The smallest absolute Gasteiger partial charge is 0.0702 e. The topological polar surface area (TPSA) is 12.9 Å². The van der Waals surface area contributed by atoms with Crippen molar-refractivity contribution in [3.05, 3.63) is 54.1 Å². The third kappa shape index (κ3) is 1.75. The largest absolute Gasteiger partial charge is 0.256 e. The molecule has 0 spiro atoms. The van der Waals surface area contributed by atoms with Crippen LogP contribution in [0.2, 0.25) is 0 Å². The summed E-state index contributed by atoms with van der Waals surface area (Å²) in [6.07, 6.45) is 1.61. The van der Waals surface area contributed by atoms with Crippen LogP contribution < -0.4 is 0 Å². The van der Waals surface area contributed by atoms with Gasteiger partial charge in [-0.05, 0) is 18.6 Å². The number of rotatable bonds is 1. The fourth-order valence-electron chi connectivity index (χ4n) is 0.994. The number of pyridine rings is 1. The van der Waals surface area contributed by atoms with Gasteiger partial charge >= 0.3 is 0 Å². The minimum absolute atomic E-state index is 0.140. The summed E-state index contributed by atoms with van der Waals surface area (Å²) < 4.78 is 38.3. The Labute approximate surface area is 85.1 Å². The maximum absolute atomic E-state index is 7.81. The Kier molecular flexibility index (Phi) is 1.06. The van der Waals surface area contributed by atoms with Crippen molar-refractivity contribution < 1.29 is 6.85 Å². The average Bonchev–Trinajstić information content (AvgIpc) is 2.36. The molecular weight excluding hydrogens is 158 g/mol. The highest BCUT2D eigenvalue weighted by molar-refractivity contribution is 5.58. The molecule has 0 N–H and O–H groups in total. The summed E-state index contributed by atoms with van der Waals surface area (Å²) in [7, 11) is 0. The highest BCUT2D eigenvalue weighted by Gasteiger charge is 1.95. The summed E-state index contributed by atoms with van der Waals surface area (Å²) in [4.78, 5) is 4.11. The van der Waals surface area contributed by atoms with Crippen LogP contribution in [0, 0.1) is 6.92 Å². The Balaban J connectivity index is 2.75. The molecule has 2 rings (SSSR count). The molecule has 1 heteroatoms. The summed E-state index contributed by atoms with van der Waals surface area (Å²) in [6, 6.07) is 1.93. The van der Waals surface area contributed by atoms with Crippen LogP contribution in [0.25, 0.3) is 11.3 Å². The summed E-state index contributed by atoms with van der Waals surface area (Å²) in [5.74, 6) is 0. The van der Waals surface area contributed by atoms with E-state index in [9.17, 15) is 0 Å². The van der Waals surface area contributed by atoms with Gasteiger partial charge < -0.3 is 0 Å². The van der Waals surface area contributed by atoms with E-state index in [2.05, 4.69) is 4.98 Å². The van der Waals surface area contributed by atoms with Gasteiger partial charge in [0.2, 0.25) is 0 Å². The van der Waals surface area contributed by atoms with Gasteiger partial charge in [-0.3, -0.25) is 4.98 Å². The van der Waals surface area contributed by atoms with Gasteiger partial charge in [0.25, 0.3) is 0 Å². The van der Waals surface area contributed by atoms with Crippen molar-refractivity contribution in [1.29, 1.82) is 0 Å². The SMILES string of the molecule is [2H]c1c([2H])c([2H])c(-c2ccc(C)cn2)c([2H])c1[2H]. The minimum atomic E-state index is -0.388. The first-order chi connectivity index (χ1) is 8.43. The van der Waals surface area contributed by atoms with E-state index in [1.807, 2.05) is 6.92 Å². The van der Waals surface area contributed by atoms with Gasteiger partial charge in [-0.1, -0.05) is 36.3 Å². The van der Waals surface area contributed by atoms with E-state index in [-0.39, 0.29) is 35.8 Å². The maximum Gasteiger partial charge on any atom is 0.0702 e. The van der Waals surface area contributed by atoms with E-state index in [0.29, 0.717) is 5.69 Å². The van der Waals surface area contributed by atoms with Crippen molar-refractivity contribution in [2.45, 2.75) is 6.92 Å². The van der Waals surface area contributed by atoms with Gasteiger partial charge in [0.1, 0.15) is 0 Å². The number of aryl methyl sites for hydroxylation is 1. The van der Waals surface area contributed by atoms with Crippen molar-refractivity contribution in [2.75, 3.05) is 0 Å². The average molecular weight is 174 g/mol. The number of aromatic nitrogens is 1. The monoisotopic (exact) mass is 174 g/mol. The lowest BCUT2D eigenvalue weighted by atomic mass is 10.1. The highest BCUT2D eigenvalue weighted by atomic mass is 14.7. The summed E-state index contributed by atoms with van der Waals surface area (Å²) in [5, 5.41) is 0. The Hall–Kier alpha value is -1.63. The lowest BCUT2D eigenvalue weighted by Gasteiger charge is -1.99. The van der Waals surface area contributed by atoms with Crippen LogP contribution in [0.5, 0.6) is 0 Å². The second kappa shape index (κ2) is 3.40. The Morgan fingerprint density at radius 1 is 1.15 bits per heavy atom. The normalized spacial score (nSPS) is 15.3. The van der Waals surface area contributed by atoms with Gasteiger partial charge in [0.15, 0.2) is 0 Å². The van der Waals surface area contributed by atoms with Gasteiger partial charge in [-0.15, -0.1) is 0 Å². The second-order valence-corrected chi connectivity index (χ2v) is 2.72. The number of benzene rings is 1. The van der Waals surface area contributed by atoms with Gasteiger partial charge in [0.05, 0.1) is 12.5 Å². The van der Waals surface area contributed by atoms with Crippen LogP contribution >= 0.6 is 0 Å². The fourth-order valence-corrected chi connectivity index (χ4v) is 0.994. The molecule has 0 aliphatic heterocycles. The second-order valence-electron chi connectivity index (χ2n) is 2.72. The molecule has 1 heterocycles. The molecule has 1 aromatic heterocycles. The summed E-state index contributed by atoms with van der Waals surface area (Å²) in [6.45, 7) is 1.87. The highest BCUT2D eigenvalue weighted by Crippen LogP contribution is 2.15. The van der Waals surface area contributed by atoms with Gasteiger partial charge in [0, 0.05) is 11.8 Å². The minimum Gasteiger partial charge on any atom is -0.256 e. The summed E-state index contributed by atoms with van der Waals surface area (Å²) >= 11 is 0. The van der Waals surface area contributed by atoms with E-state index in [0.717, 1.165) is 5.56 Å². The molecule has 0 saturated heterocycles. The van der Waals surface area contributed by atoms with Crippen LogP contribution in [0.15, 0.2) is 48.5 Å². The molecule has 0 radical (unpaired) electrons. The zero-order valence-electron chi connectivity index (χ0n) is 12.2. The molecule has 1 aromatic carbocycles. The zero-order chi connectivity index (χ0) is 13.4. The number of nitrogens with zero attached hydrogens (tertiary/aromatic N) is 1. The van der Waals surface area contributed by atoms with Crippen LogP contribution in [0.3, 0.4) is 0 Å². The van der Waals surface area contributed by atoms with Crippen molar-refractivity contribution in [3.8, 4) is 11.3 Å². The maximum atomic E-state index is 7.81. The van der Waals surface area contributed by atoms with Crippen molar-refractivity contribution in [2.24, 2.45) is 0 Å². The number of hydrogen-bond acceptors (Lipinski definition) is 1. The first kappa shape index (κ1) is 4.05. The zero-order valence-corrected chi connectivity index (χ0v) is 7.18. The third-order valence-electron chi connectivity index (χ3n) is 1.67. The van der Waals surface area contributed by atoms with Gasteiger partial charge in [-0.25, -0.2) is 0 Å². The predicted octanol–water partition coefficient (Wildman–Crippen LogP) is 3.06. The number of hydrogen-bond donors (Lipinski definition) is 0. The lowest BCUT2D eigenvalue weighted by Crippen LogP contribution is -1.82. The first-order valence-electron chi connectivity index (χ1n) is 6.43. The third-order valence-corrected chi connectivity index (χ3v) is 1.67. The van der Waals surface area contributed by atoms with E-state index in [1.54, 1.807) is 18.3 Å². The van der Waals surface area contributed by atoms with Crippen LogP contribution in [-0.4, -0.2) is 4.98 Å². The lowest BCUT2D eigenvalue weighted by molar-refractivity contribution is 1.27. The Bertz CT molecular complexity index is 578.